The van der Waals surface area contributed by atoms with E-state index in [-0.39, 0.29) is 0 Å². The van der Waals surface area contributed by atoms with Crippen LogP contribution in [0.1, 0.15) is 146 Å². The Kier molecular flexibility index (Phi) is 15.8. The fraction of sp³-hybridized carbons (Fsp3) is 0.306. The van der Waals surface area contributed by atoms with Crippen LogP contribution in [0.4, 0.5) is 0 Å². The molecule has 0 heterocycles. The minimum absolute atomic E-state index is 0.594. The lowest BCUT2D eigenvalue weighted by molar-refractivity contribution is 0.118. The summed E-state index contributed by atoms with van der Waals surface area (Å²) in [5.74, 6) is 0. The van der Waals surface area contributed by atoms with Crippen LogP contribution >= 0.6 is 0 Å². The number of fused-ring (bicyclic) bond motifs is 10. The zero-order valence-electron chi connectivity index (χ0n) is 45.3. The average Bonchev–Trinajstić information content (AvgIpc) is 4.04. The van der Waals surface area contributed by atoms with Crippen LogP contribution in [0, 0.1) is 0 Å². The normalized spacial score (nSPS) is 13.7. The third-order valence-electron chi connectivity index (χ3n) is 16.4. The van der Waals surface area contributed by atoms with E-state index in [1.165, 1.54) is 111 Å². The van der Waals surface area contributed by atoms with Crippen LogP contribution in [0.2, 0.25) is 0 Å². The van der Waals surface area contributed by atoms with Crippen molar-refractivity contribution in [1.82, 2.24) is 0 Å². The summed E-state index contributed by atoms with van der Waals surface area (Å²) in [6.07, 6.45) is 8.71. The third kappa shape index (κ3) is 9.42. The Labute approximate surface area is 452 Å². The van der Waals surface area contributed by atoms with E-state index in [9.17, 15) is 0 Å². The molecule has 2 aliphatic carbocycles. The van der Waals surface area contributed by atoms with Gasteiger partial charge in [-0.25, -0.2) is 0 Å². The van der Waals surface area contributed by atoms with Crippen molar-refractivity contribution >= 4 is 21.5 Å². The van der Waals surface area contributed by atoms with Gasteiger partial charge in [-0.2, -0.15) is 0 Å². The smallest absolute Gasteiger partial charge is 0.0716 e. The van der Waals surface area contributed by atoms with Gasteiger partial charge in [0, 0.05) is 26.4 Å². The van der Waals surface area contributed by atoms with Gasteiger partial charge in [-0.1, -0.05) is 223 Å². The lowest BCUT2D eigenvalue weighted by Gasteiger charge is -2.36. The Morgan fingerprint density at radius 1 is 0.303 bits per heavy atom. The number of unbranched alkanes of at least 4 members (excludes halogenated alkanes) is 4. The Morgan fingerprint density at radius 3 is 0.882 bits per heavy atom. The van der Waals surface area contributed by atoms with Crippen molar-refractivity contribution in [3.8, 4) is 22.3 Å². The van der Waals surface area contributed by atoms with E-state index in [0.29, 0.717) is 26.4 Å². The molecule has 2 aliphatic rings. The highest BCUT2D eigenvalue weighted by Crippen LogP contribution is 2.64. The van der Waals surface area contributed by atoms with E-state index < -0.39 is 10.8 Å². The molecule has 0 spiro atoms. The van der Waals surface area contributed by atoms with E-state index in [4.69, 9.17) is 18.9 Å². The molecular formula is C72H74O4. The first-order chi connectivity index (χ1) is 37.5. The maximum atomic E-state index is 6.21. The standard InChI is InChI=1S/C72H74O4/c1-5-9-41-73-47-51-21-31-57(32-22-51)71(58-33-23-52(24-34-58)48-74-42-10-6-2)65-39-29-55-17-13-15-19-61(55)69(65)63-46-68-64(45-67(63)71)70-62-20-16-14-18-56(62)30-40-66(70)72(68,59-35-25-53(26-36-59)49-75-43-11-7-3)60-37-27-54(28-38-60)50-76-44-12-8-4/h13-40,45-46H,5-12,41-44,47-50H2,1-4H3. The predicted octanol–water partition coefficient (Wildman–Crippen LogP) is 18.0. The molecule has 0 saturated carbocycles. The van der Waals surface area contributed by atoms with E-state index in [2.05, 4.69) is 210 Å². The second kappa shape index (κ2) is 23.3. The SMILES string of the molecule is CCCCOCc1ccc(C2(c3ccc(COCCCC)cc3)c3cc4c(cc3-c3c2ccc2ccccc32)C(c2ccc(COCCCC)cc2)(c2ccc(COCCCC)cc2)c2ccc3ccccc3c2-4)cc1. The van der Waals surface area contributed by atoms with Crippen molar-refractivity contribution in [3.63, 3.8) is 0 Å². The molecule has 0 N–H and O–H groups in total. The summed E-state index contributed by atoms with van der Waals surface area (Å²) in [5, 5.41) is 4.99. The highest BCUT2D eigenvalue weighted by molar-refractivity contribution is 6.09. The highest BCUT2D eigenvalue weighted by atomic mass is 16.5. The van der Waals surface area contributed by atoms with Gasteiger partial charge >= 0.3 is 0 Å². The molecule has 9 aromatic carbocycles. The lowest BCUT2D eigenvalue weighted by atomic mass is 9.65. The molecule has 9 aromatic rings. The molecule has 0 unspecified atom stereocenters. The van der Waals surface area contributed by atoms with Gasteiger partial charge in [0.2, 0.25) is 0 Å². The van der Waals surface area contributed by atoms with Crippen LogP contribution < -0.4 is 0 Å². The molecule has 386 valence electrons. The molecule has 0 radical (unpaired) electrons. The van der Waals surface area contributed by atoms with E-state index in [1.807, 2.05) is 0 Å². The van der Waals surface area contributed by atoms with Crippen molar-refractivity contribution in [3.05, 3.63) is 249 Å². The van der Waals surface area contributed by atoms with E-state index >= 15 is 0 Å². The predicted molar refractivity (Wildman–Crippen MR) is 314 cm³/mol. The average molecular weight is 1000 g/mol. The van der Waals surface area contributed by atoms with Crippen LogP contribution in [0.5, 0.6) is 0 Å². The zero-order valence-corrected chi connectivity index (χ0v) is 45.3. The number of hydrogen-bond donors (Lipinski definition) is 0. The maximum Gasteiger partial charge on any atom is 0.0716 e. The molecule has 76 heavy (non-hydrogen) atoms. The van der Waals surface area contributed by atoms with Crippen LogP contribution in [-0.4, -0.2) is 26.4 Å². The van der Waals surface area contributed by atoms with Crippen molar-refractivity contribution in [2.45, 2.75) is 116 Å². The zero-order chi connectivity index (χ0) is 51.9. The van der Waals surface area contributed by atoms with Gasteiger partial charge in [0.15, 0.2) is 0 Å². The van der Waals surface area contributed by atoms with Crippen LogP contribution in [0.25, 0.3) is 43.8 Å². The molecule has 0 amide bonds. The first-order valence-corrected chi connectivity index (χ1v) is 28.5. The lowest BCUT2D eigenvalue weighted by Crippen LogP contribution is -2.30. The third-order valence-corrected chi connectivity index (χ3v) is 16.4. The fourth-order valence-electron chi connectivity index (χ4n) is 12.4. The molecule has 0 saturated heterocycles. The van der Waals surface area contributed by atoms with Gasteiger partial charge in [-0.05, 0) is 148 Å². The van der Waals surface area contributed by atoms with Gasteiger partial charge in [0.25, 0.3) is 0 Å². The molecule has 0 atom stereocenters. The van der Waals surface area contributed by atoms with Gasteiger partial charge in [0.05, 0.1) is 37.3 Å². The van der Waals surface area contributed by atoms with Gasteiger partial charge in [-0.3, -0.25) is 0 Å². The Hall–Kier alpha value is -6.66. The van der Waals surface area contributed by atoms with E-state index in [0.717, 1.165) is 77.8 Å². The maximum absolute atomic E-state index is 6.21. The summed E-state index contributed by atoms with van der Waals surface area (Å²) in [6, 6.07) is 70.3. The number of ether oxygens (including phenoxy) is 4. The van der Waals surface area contributed by atoms with Crippen molar-refractivity contribution in [2.75, 3.05) is 26.4 Å². The topological polar surface area (TPSA) is 36.9 Å². The molecule has 0 bridgehead atoms. The summed E-state index contributed by atoms with van der Waals surface area (Å²) in [4.78, 5) is 0. The van der Waals surface area contributed by atoms with Crippen LogP contribution in [0.3, 0.4) is 0 Å². The molecule has 0 fully saturated rings. The van der Waals surface area contributed by atoms with Crippen LogP contribution in [-0.2, 0) is 56.2 Å². The van der Waals surface area contributed by atoms with Gasteiger partial charge in [-0.15, -0.1) is 0 Å². The second-order valence-electron chi connectivity index (χ2n) is 21.3. The fourth-order valence-corrected chi connectivity index (χ4v) is 12.4. The van der Waals surface area contributed by atoms with Crippen LogP contribution in [0.15, 0.2) is 182 Å². The monoisotopic (exact) mass is 1000 g/mol. The van der Waals surface area contributed by atoms with E-state index in [1.54, 1.807) is 0 Å². The molecule has 4 nitrogen and oxygen atoms in total. The minimum Gasteiger partial charge on any atom is -0.377 e. The van der Waals surface area contributed by atoms with Crippen molar-refractivity contribution < 1.29 is 18.9 Å². The minimum atomic E-state index is -0.665. The largest absolute Gasteiger partial charge is 0.377 e. The van der Waals surface area contributed by atoms with Crippen molar-refractivity contribution in [2.24, 2.45) is 0 Å². The van der Waals surface area contributed by atoms with Crippen molar-refractivity contribution in [1.29, 1.82) is 0 Å². The molecule has 0 aliphatic heterocycles. The Bertz CT molecular complexity index is 3060. The molecule has 11 rings (SSSR count). The summed E-state index contributed by atoms with van der Waals surface area (Å²) in [5.41, 5.74) is 18.7. The first kappa shape index (κ1) is 51.4. The number of benzene rings is 9. The summed E-state index contributed by atoms with van der Waals surface area (Å²) >= 11 is 0. The molecule has 4 heteroatoms. The van der Waals surface area contributed by atoms with Gasteiger partial charge < -0.3 is 18.9 Å². The first-order valence-electron chi connectivity index (χ1n) is 28.5. The number of hydrogen-bond acceptors (Lipinski definition) is 4. The quantitative estimate of drug-likeness (QED) is 0.0565. The second-order valence-corrected chi connectivity index (χ2v) is 21.3. The summed E-state index contributed by atoms with van der Waals surface area (Å²) in [6.45, 7) is 14.3. The number of rotatable bonds is 24. The summed E-state index contributed by atoms with van der Waals surface area (Å²) < 4.78 is 24.8. The Morgan fingerprint density at radius 2 is 0.592 bits per heavy atom. The Balaban J connectivity index is 1.20. The highest BCUT2D eigenvalue weighted by Gasteiger charge is 2.52. The van der Waals surface area contributed by atoms with Gasteiger partial charge in [0.1, 0.15) is 0 Å². The molecular weight excluding hydrogens is 929 g/mol. The molecule has 0 aromatic heterocycles. The summed E-state index contributed by atoms with van der Waals surface area (Å²) in [7, 11) is 0.